The van der Waals surface area contributed by atoms with Gasteiger partial charge in [-0.1, -0.05) is 34.1 Å². The van der Waals surface area contributed by atoms with Crippen LogP contribution in [-0.4, -0.2) is 27.0 Å². The number of nitrogens with one attached hydrogen (secondary N) is 1. The molecule has 0 saturated carbocycles. The molecule has 0 aliphatic rings. The van der Waals surface area contributed by atoms with E-state index in [1.165, 1.54) is 0 Å². The van der Waals surface area contributed by atoms with Crippen molar-refractivity contribution in [3.63, 3.8) is 0 Å². The van der Waals surface area contributed by atoms with Crippen LogP contribution >= 0.6 is 15.9 Å². The van der Waals surface area contributed by atoms with E-state index in [-0.39, 0.29) is 17.6 Å². The zero-order valence-corrected chi connectivity index (χ0v) is 17.7. The number of aromatic nitrogens is 2. The highest BCUT2D eigenvalue weighted by Gasteiger charge is 2.25. The molecule has 1 unspecified atom stereocenters. The Labute approximate surface area is 172 Å². The van der Waals surface area contributed by atoms with Crippen molar-refractivity contribution in [2.75, 3.05) is 11.9 Å². The molecule has 7 heteroatoms. The average Bonchev–Trinajstić information content (AvgIpc) is 2.68. The smallest absolute Gasteiger partial charge is 0.315 e. The van der Waals surface area contributed by atoms with E-state index < -0.39 is 0 Å². The molecule has 28 heavy (non-hydrogen) atoms. The summed E-state index contributed by atoms with van der Waals surface area (Å²) < 4.78 is 2.53. The molecule has 1 heterocycles. The van der Waals surface area contributed by atoms with Crippen LogP contribution in [0.25, 0.3) is 10.9 Å². The highest BCUT2D eigenvalue weighted by Crippen LogP contribution is 2.22. The predicted octanol–water partition coefficient (Wildman–Crippen LogP) is 4.79. The van der Waals surface area contributed by atoms with Crippen molar-refractivity contribution >= 4 is 38.6 Å². The number of rotatable bonds is 5. The maximum atomic E-state index is 12.9. The fraction of sp³-hybridized carbons (Fsp3) is 0.286. The van der Waals surface area contributed by atoms with Gasteiger partial charge in [-0.15, -0.1) is 0 Å². The van der Waals surface area contributed by atoms with Crippen molar-refractivity contribution in [3.8, 4) is 0 Å². The summed E-state index contributed by atoms with van der Waals surface area (Å²) in [5.41, 5.74) is 1.25. The SMILES string of the molecule is CCN(C(=O)Nc1cccc(Br)c1)C(C)c1nc2ccccc2c(=O)n1CC. The van der Waals surface area contributed by atoms with E-state index >= 15 is 0 Å². The van der Waals surface area contributed by atoms with Gasteiger partial charge in [0, 0.05) is 23.2 Å². The molecule has 1 N–H and O–H groups in total. The van der Waals surface area contributed by atoms with Gasteiger partial charge >= 0.3 is 6.03 Å². The third-order valence-corrected chi connectivity index (χ3v) is 5.22. The summed E-state index contributed by atoms with van der Waals surface area (Å²) in [6.45, 7) is 6.68. The Morgan fingerprint density at radius 3 is 2.64 bits per heavy atom. The molecule has 1 aromatic heterocycles. The Bertz CT molecular complexity index is 1060. The maximum absolute atomic E-state index is 12.9. The summed E-state index contributed by atoms with van der Waals surface area (Å²) in [6.07, 6.45) is 0. The number of urea groups is 1. The predicted molar refractivity (Wildman–Crippen MR) is 116 cm³/mol. The molecule has 146 valence electrons. The first-order chi connectivity index (χ1) is 13.5. The molecule has 0 spiro atoms. The van der Waals surface area contributed by atoms with Gasteiger partial charge in [0.25, 0.3) is 5.56 Å². The molecule has 0 aliphatic heterocycles. The highest BCUT2D eigenvalue weighted by atomic mass is 79.9. The lowest BCUT2D eigenvalue weighted by Crippen LogP contribution is -2.40. The van der Waals surface area contributed by atoms with Crippen molar-refractivity contribution in [2.24, 2.45) is 0 Å². The second-order valence-electron chi connectivity index (χ2n) is 6.44. The number of benzene rings is 2. The number of carbonyl (C=O) groups excluding carboxylic acids is 1. The van der Waals surface area contributed by atoms with Crippen LogP contribution in [0.3, 0.4) is 0 Å². The first-order valence-corrected chi connectivity index (χ1v) is 10.1. The van der Waals surface area contributed by atoms with Crippen LogP contribution in [0.4, 0.5) is 10.5 Å². The number of nitrogens with zero attached hydrogens (tertiary/aromatic N) is 3. The van der Waals surface area contributed by atoms with E-state index in [0.29, 0.717) is 35.5 Å². The average molecular weight is 443 g/mol. The molecule has 2 amide bonds. The number of hydrogen-bond donors (Lipinski definition) is 1. The summed E-state index contributed by atoms with van der Waals surface area (Å²) in [5, 5.41) is 3.50. The molecule has 0 aliphatic carbocycles. The molecule has 0 radical (unpaired) electrons. The van der Waals surface area contributed by atoms with Gasteiger partial charge in [-0.3, -0.25) is 9.36 Å². The fourth-order valence-corrected chi connectivity index (χ4v) is 3.70. The van der Waals surface area contributed by atoms with Crippen LogP contribution in [0.5, 0.6) is 0 Å². The molecule has 3 rings (SSSR count). The van der Waals surface area contributed by atoms with E-state index in [1.54, 1.807) is 15.5 Å². The Morgan fingerprint density at radius 2 is 1.96 bits per heavy atom. The number of carbonyl (C=O) groups is 1. The minimum absolute atomic E-state index is 0.0848. The zero-order chi connectivity index (χ0) is 20.3. The van der Waals surface area contributed by atoms with E-state index in [4.69, 9.17) is 4.98 Å². The van der Waals surface area contributed by atoms with Crippen LogP contribution in [0.2, 0.25) is 0 Å². The molecular formula is C21H23BrN4O2. The zero-order valence-electron chi connectivity index (χ0n) is 16.1. The first-order valence-electron chi connectivity index (χ1n) is 9.28. The summed E-state index contributed by atoms with van der Waals surface area (Å²) in [6, 6.07) is 14.1. The first kappa shape index (κ1) is 20.1. The van der Waals surface area contributed by atoms with Gasteiger partial charge in [0.05, 0.1) is 16.9 Å². The molecular weight excluding hydrogens is 420 g/mol. The van der Waals surface area contributed by atoms with Crippen LogP contribution in [0.15, 0.2) is 57.8 Å². The lowest BCUT2D eigenvalue weighted by atomic mass is 10.2. The van der Waals surface area contributed by atoms with Crippen LogP contribution in [-0.2, 0) is 6.54 Å². The third-order valence-electron chi connectivity index (χ3n) is 4.73. The highest BCUT2D eigenvalue weighted by molar-refractivity contribution is 9.10. The normalized spacial score (nSPS) is 12.0. The second-order valence-corrected chi connectivity index (χ2v) is 7.35. The van der Waals surface area contributed by atoms with Crippen molar-refractivity contribution in [3.05, 3.63) is 69.2 Å². The minimum atomic E-state index is -0.366. The molecule has 0 bridgehead atoms. The van der Waals surface area contributed by atoms with Gasteiger partial charge in [0.2, 0.25) is 0 Å². The quantitative estimate of drug-likeness (QED) is 0.617. The standard InChI is InChI=1S/C21H23BrN4O2/c1-4-25(21(28)23-16-10-8-9-15(22)13-16)14(3)19-24-18-12-7-6-11-17(18)20(27)26(19)5-2/h6-14H,4-5H2,1-3H3,(H,23,28). The van der Waals surface area contributed by atoms with Crippen molar-refractivity contribution in [1.82, 2.24) is 14.5 Å². The van der Waals surface area contributed by atoms with Crippen molar-refractivity contribution in [2.45, 2.75) is 33.4 Å². The van der Waals surface area contributed by atoms with Gasteiger partial charge in [0.1, 0.15) is 5.82 Å². The fourth-order valence-electron chi connectivity index (χ4n) is 3.30. The third kappa shape index (κ3) is 3.94. The Balaban J connectivity index is 1.97. The molecule has 2 aromatic carbocycles. The molecule has 3 aromatic rings. The number of amides is 2. The lowest BCUT2D eigenvalue weighted by Gasteiger charge is -2.29. The van der Waals surface area contributed by atoms with Gasteiger partial charge in [0.15, 0.2) is 0 Å². The number of anilines is 1. The largest absolute Gasteiger partial charge is 0.322 e. The van der Waals surface area contributed by atoms with E-state index in [1.807, 2.05) is 63.2 Å². The molecule has 1 atom stereocenters. The van der Waals surface area contributed by atoms with E-state index in [9.17, 15) is 9.59 Å². The molecule has 0 saturated heterocycles. The minimum Gasteiger partial charge on any atom is -0.315 e. The van der Waals surface area contributed by atoms with Gasteiger partial charge in [-0.05, 0) is 51.1 Å². The number of para-hydroxylation sites is 1. The van der Waals surface area contributed by atoms with Crippen LogP contribution in [0.1, 0.15) is 32.6 Å². The number of halogens is 1. The number of hydrogen-bond acceptors (Lipinski definition) is 3. The van der Waals surface area contributed by atoms with Crippen LogP contribution < -0.4 is 10.9 Å². The monoisotopic (exact) mass is 442 g/mol. The van der Waals surface area contributed by atoms with Crippen molar-refractivity contribution < 1.29 is 4.79 Å². The molecule has 0 fully saturated rings. The van der Waals surface area contributed by atoms with Gasteiger partial charge < -0.3 is 10.2 Å². The number of fused-ring (bicyclic) bond motifs is 1. The van der Waals surface area contributed by atoms with Crippen molar-refractivity contribution in [1.29, 1.82) is 0 Å². The lowest BCUT2D eigenvalue weighted by molar-refractivity contribution is 0.192. The van der Waals surface area contributed by atoms with E-state index in [2.05, 4.69) is 21.2 Å². The van der Waals surface area contributed by atoms with Gasteiger partial charge in [-0.2, -0.15) is 0 Å². The maximum Gasteiger partial charge on any atom is 0.322 e. The molecule has 6 nitrogen and oxygen atoms in total. The van der Waals surface area contributed by atoms with E-state index in [0.717, 1.165) is 4.47 Å². The second kappa shape index (κ2) is 8.56. The van der Waals surface area contributed by atoms with Crippen LogP contribution in [0, 0.1) is 0 Å². The Morgan fingerprint density at radius 1 is 1.21 bits per heavy atom. The topological polar surface area (TPSA) is 67.2 Å². The van der Waals surface area contributed by atoms with Gasteiger partial charge in [-0.25, -0.2) is 9.78 Å². The Kier molecular flexibility index (Phi) is 6.14. The summed E-state index contributed by atoms with van der Waals surface area (Å²) in [4.78, 5) is 32.2. The summed E-state index contributed by atoms with van der Waals surface area (Å²) in [5.74, 6) is 0.581. The Hall–Kier alpha value is -2.67. The summed E-state index contributed by atoms with van der Waals surface area (Å²) >= 11 is 3.41. The summed E-state index contributed by atoms with van der Waals surface area (Å²) in [7, 11) is 0.